The first kappa shape index (κ1) is 35.1. The van der Waals surface area contributed by atoms with Crippen molar-refractivity contribution in [2.24, 2.45) is 0 Å². The number of benzene rings is 2. The van der Waals surface area contributed by atoms with Gasteiger partial charge in [-0.05, 0) is 13.0 Å². The van der Waals surface area contributed by atoms with Gasteiger partial charge in [-0.1, -0.05) is 12.1 Å². The topological polar surface area (TPSA) is 202 Å². The van der Waals surface area contributed by atoms with Gasteiger partial charge < -0.3 is 49.2 Å². The number of carbonyl (C=O) groups is 3. The lowest BCUT2D eigenvalue weighted by atomic mass is 9.72. The molecule has 0 radical (unpaired) electrons. The predicted octanol–water partition coefficient (Wildman–Crippen LogP) is 0.769. The second-order valence-corrected chi connectivity index (χ2v) is 12.1. The molecule has 15 heteroatoms. The molecular formula is C32H38ClNO13. The Labute approximate surface area is 276 Å². The maximum Gasteiger partial charge on any atom is 0.202 e. The highest BCUT2D eigenvalue weighted by Gasteiger charge is 2.50. The molecule has 0 bridgehead atoms. The van der Waals surface area contributed by atoms with Gasteiger partial charge in [-0.2, -0.15) is 0 Å². The van der Waals surface area contributed by atoms with Gasteiger partial charge in [0, 0.05) is 62.2 Å². The number of halogens is 1. The average Bonchev–Trinajstić information content (AvgIpc) is 3.05. The standard InChI is InChI=1S/C32H37NO13.ClH/c1-14-27(36)17(33-7-8-44-22(12-33)43-3)9-21(45-14)46-19-11-32(41,20(35)13-34)10-16-24(19)31(40)26-25(29(16)38)28(37)15-5-4-6-18(42-2)23(15)30(26)39;/h4-6,14,17,19,21-22,27,34,36,38,40-41H,7-13H2,1-3H3;1H/t14?,17?,19-,21?,22-,27?,32-;/m0./s1. The van der Waals surface area contributed by atoms with Gasteiger partial charge in [0.1, 0.15) is 29.5 Å². The Kier molecular flexibility index (Phi) is 10.0. The van der Waals surface area contributed by atoms with Crippen molar-refractivity contribution in [3.63, 3.8) is 0 Å². The number of aliphatic hydroxyl groups excluding tert-OH is 2. The number of ketones is 3. The third-order valence-electron chi connectivity index (χ3n) is 9.53. The van der Waals surface area contributed by atoms with Crippen LogP contribution in [0.2, 0.25) is 0 Å². The molecule has 14 nitrogen and oxygen atoms in total. The van der Waals surface area contributed by atoms with E-state index in [2.05, 4.69) is 0 Å². The third kappa shape index (κ3) is 5.81. The minimum absolute atomic E-state index is 0. The summed E-state index contributed by atoms with van der Waals surface area (Å²) >= 11 is 0. The van der Waals surface area contributed by atoms with Crippen molar-refractivity contribution in [1.82, 2.24) is 4.90 Å². The first-order chi connectivity index (χ1) is 21.9. The van der Waals surface area contributed by atoms with Crippen LogP contribution in [0.4, 0.5) is 0 Å². The quantitative estimate of drug-likeness (QED) is 0.219. The molecule has 2 aromatic rings. The number of methoxy groups -OCH3 is 2. The SMILES string of the molecule is COc1cccc2c1C(=O)c1c(O)c3c(c(O)c1C2=O)C[C@@](O)(C(=O)CO)C[C@@H]3OC1CC(N2CCO[C@H](OC)C2)C(O)C(C)O1.Cl. The van der Waals surface area contributed by atoms with Crippen LogP contribution in [0.1, 0.15) is 68.8 Å². The summed E-state index contributed by atoms with van der Waals surface area (Å²) in [6.45, 7) is 1.88. The molecule has 256 valence electrons. The third-order valence-corrected chi connectivity index (χ3v) is 9.53. The number of ether oxygens (including phenoxy) is 5. The largest absolute Gasteiger partial charge is 0.507 e. The molecule has 2 fully saturated rings. The number of carbonyl (C=O) groups excluding carboxylic acids is 3. The average molecular weight is 680 g/mol. The van der Waals surface area contributed by atoms with Crippen LogP contribution >= 0.6 is 12.4 Å². The highest BCUT2D eigenvalue weighted by Crippen LogP contribution is 2.52. The van der Waals surface area contributed by atoms with Crippen molar-refractivity contribution < 1.29 is 63.6 Å². The highest BCUT2D eigenvalue weighted by molar-refractivity contribution is 6.31. The molecule has 7 atom stereocenters. The normalized spacial score (nSPS) is 30.5. The summed E-state index contributed by atoms with van der Waals surface area (Å²) in [6.07, 6.45) is -5.46. The van der Waals surface area contributed by atoms with Crippen molar-refractivity contribution in [3.05, 3.63) is 51.6 Å². The Morgan fingerprint density at radius 1 is 1.09 bits per heavy atom. The van der Waals surface area contributed by atoms with Crippen LogP contribution in [0.3, 0.4) is 0 Å². The lowest BCUT2D eigenvalue weighted by Crippen LogP contribution is -2.59. The Morgan fingerprint density at radius 3 is 2.49 bits per heavy atom. The fraction of sp³-hybridized carbons (Fsp3) is 0.531. The molecule has 0 amide bonds. The van der Waals surface area contributed by atoms with E-state index in [0.29, 0.717) is 19.7 Å². The van der Waals surface area contributed by atoms with Gasteiger partial charge in [0.25, 0.3) is 0 Å². The molecule has 2 heterocycles. The van der Waals surface area contributed by atoms with Crippen LogP contribution in [0.25, 0.3) is 0 Å². The molecule has 4 aliphatic rings. The summed E-state index contributed by atoms with van der Waals surface area (Å²) in [5.41, 5.74) is -3.62. The predicted molar refractivity (Wildman–Crippen MR) is 163 cm³/mol. The molecule has 2 aliphatic carbocycles. The minimum atomic E-state index is -2.26. The number of hydrogen-bond donors (Lipinski definition) is 5. The first-order valence-electron chi connectivity index (χ1n) is 15.0. The zero-order chi connectivity index (χ0) is 33.1. The molecule has 5 N–H and O–H groups in total. The van der Waals surface area contributed by atoms with Gasteiger partial charge in [0.15, 0.2) is 24.1 Å². The molecule has 0 spiro atoms. The highest BCUT2D eigenvalue weighted by atomic mass is 35.5. The summed E-state index contributed by atoms with van der Waals surface area (Å²) in [6, 6.07) is 3.93. The molecule has 47 heavy (non-hydrogen) atoms. The Hall–Kier alpha value is -3.18. The van der Waals surface area contributed by atoms with E-state index in [1.807, 2.05) is 4.90 Å². The van der Waals surface area contributed by atoms with E-state index in [4.69, 9.17) is 23.7 Å². The van der Waals surface area contributed by atoms with E-state index in [0.717, 1.165) is 0 Å². The van der Waals surface area contributed by atoms with Crippen LogP contribution < -0.4 is 4.74 Å². The number of rotatable bonds is 7. The van der Waals surface area contributed by atoms with Crippen LogP contribution in [-0.4, -0.2) is 125 Å². The van der Waals surface area contributed by atoms with E-state index < -0.39 is 102 Å². The number of phenols is 2. The second kappa shape index (κ2) is 13.4. The maximum absolute atomic E-state index is 13.9. The summed E-state index contributed by atoms with van der Waals surface area (Å²) in [5.74, 6) is -3.75. The lowest BCUT2D eigenvalue weighted by molar-refractivity contribution is -0.266. The molecule has 0 aromatic heterocycles. The van der Waals surface area contributed by atoms with Crippen molar-refractivity contribution in [1.29, 1.82) is 0 Å². The molecule has 0 saturated carbocycles. The Balaban J connectivity index is 0.00000433. The zero-order valence-electron chi connectivity index (χ0n) is 26.0. The summed E-state index contributed by atoms with van der Waals surface area (Å²) in [5, 5.41) is 55.5. The van der Waals surface area contributed by atoms with Crippen LogP contribution in [0.15, 0.2) is 18.2 Å². The monoisotopic (exact) mass is 679 g/mol. The van der Waals surface area contributed by atoms with Crippen LogP contribution in [-0.2, 0) is 30.2 Å². The van der Waals surface area contributed by atoms with Crippen molar-refractivity contribution in [2.75, 3.05) is 40.5 Å². The van der Waals surface area contributed by atoms with E-state index in [1.54, 1.807) is 6.92 Å². The number of fused-ring (bicyclic) bond motifs is 3. The molecule has 6 rings (SSSR count). The van der Waals surface area contributed by atoms with E-state index >= 15 is 0 Å². The van der Waals surface area contributed by atoms with Gasteiger partial charge in [0.2, 0.25) is 5.78 Å². The molecule has 2 aliphatic heterocycles. The van der Waals surface area contributed by atoms with Crippen molar-refractivity contribution >= 4 is 29.8 Å². The van der Waals surface area contributed by atoms with Gasteiger partial charge >= 0.3 is 0 Å². The summed E-state index contributed by atoms with van der Waals surface area (Å²) in [4.78, 5) is 42.4. The molecule has 2 aromatic carbocycles. The number of aliphatic hydroxyl groups is 3. The van der Waals surface area contributed by atoms with Gasteiger partial charge in [-0.15, -0.1) is 12.4 Å². The van der Waals surface area contributed by atoms with Crippen LogP contribution in [0, 0.1) is 0 Å². The summed E-state index contributed by atoms with van der Waals surface area (Å²) < 4.78 is 28.6. The minimum Gasteiger partial charge on any atom is -0.507 e. The molecule has 2 saturated heterocycles. The Morgan fingerprint density at radius 2 is 1.81 bits per heavy atom. The number of hydrogen-bond acceptors (Lipinski definition) is 14. The smallest absolute Gasteiger partial charge is 0.202 e. The lowest BCUT2D eigenvalue weighted by Gasteiger charge is -2.47. The number of Topliss-reactive ketones (excluding diaryl/α,β-unsaturated/α-hetero) is 1. The number of nitrogens with zero attached hydrogens (tertiary/aromatic N) is 1. The van der Waals surface area contributed by atoms with E-state index in [1.165, 1.54) is 32.4 Å². The fourth-order valence-electron chi connectivity index (χ4n) is 7.14. The summed E-state index contributed by atoms with van der Waals surface area (Å²) in [7, 11) is 2.85. The van der Waals surface area contributed by atoms with E-state index in [-0.39, 0.29) is 46.8 Å². The number of morpholine rings is 1. The number of phenolic OH excluding ortho intramolecular Hbond substituents is 2. The van der Waals surface area contributed by atoms with E-state index in [9.17, 15) is 39.9 Å². The molecular weight excluding hydrogens is 642 g/mol. The van der Waals surface area contributed by atoms with Gasteiger partial charge in [-0.25, -0.2) is 0 Å². The first-order valence-corrected chi connectivity index (χ1v) is 15.0. The maximum atomic E-state index is 13.9. The zero-order valence-corrected chi connectivity index (χ0v) is 26.8. The second-order valence-electron chi connectivity index (χ2n) is 12.1. The number of aromatic hydroxyl groups is 2. The fourth-order valence-corrected chi connectivity index (χ4v) is 7.14. The van der Waals surface area contributed by atoms with Gasteiger partial charge in [-0.3, -0.25) is 19.3 Å². The van der Waals surface area contributed by atoms with Gasteiger partial charge in [0.05, 0.1) is 48.7 Å². The van der Waals surface area contributed by atoms with Crippen molar-refractivity contribution in [3.8, 4) is 17.2 Å². The van der Waals surface area contributed by atoms with Crippen LogP contribution in [0.5, 0.6) is 17.2 Å². The van der Waals surface area contributed by atoms with Crippen molar-refractivity contribution in [2.45, 2.75) is 68.7 Å². The molecule has 4 unspecified atom stereocenters. The Bertz CT molecular complexity index is 1580.